The Hall–Kier alpha value is -2.11. The lowest BCUT2D eigenvalue weighted by Gasteiger charge is -2.20. The van der Waals surface area contributed by atoms with Gasteiger partial charge in [0.15, 0.2) is 5.96 Å². The molecule has 0 aliphatic carbocycles. The molecule has 1 aromatic carbocycles. The largest absolute Gasteiger partial charge is 0.354 e. The second-order valence-electron chi connectivity index (χ2n) is 5.39. The molecule has 0 unspecified atom stereocenters. The molecule has 2 rings (SSSR count). The molecule has 1 fully saturated rings. The Bertz CT molecular complexity index is 553. The quantitative estimate of drug-likeness (QED) is 0.504. The fourth-order valence-electron chi connectivity index (χ4n) is 2.45. The number of guanidine groups is 1. The maximum Gasteiger partial charge on any atom is 0.251 e. The number of hydrogen-bond donors (Lipinski definition) is 2. The van der Waals surface area contributed by atoms with Gasteiger partial charge in [0, 0.05) is 38.8 Å². The summed E-state index contributed by atoms with van der Waals surface area (Å²) in [5.41, 5.74) is 0.875. The molecule has 0 aromatic heterocycles. The van der Waals surface area contributed by atoms with E-state index < -0.39 is 0 Å². The topological polar surface area (TPSA) is 56.7 Å². The average molecular weight is 306 g/mol. The lowest BCUT2D eigenvalue weighted by Crippen LogP contribution is -2.43. The molecular formula is C16H23FN4O. The monoisotopic (exact) mass is 306 g/mol. The van der Waals surface area contributed by atoms with Crippen molar-refractivity contribution in [1.29, 1.82) is 0 Å². The number of nitrogens with one attached hydrogen (secondary N) is 2. The third-order valence-corrected chi connectivity index (χ3v) is 3.75. The molecule has 0 bridgehead atoms. The summed E-state index contributed by atoms with van der Waals surface area (Å²) in [4.78, 5) is 18.4. The van der Waals surface area contributed by atoms with Crippen LogP contribution in [0.2, 0.25) is 0 Å². The first kappa shape index (κ1) is 16.3. The highest BCUT2D eigenvalue weighted by molar-refractivity contribution is 5.94. The predicted molar refractivity (Wildman–Crippen MR) is 85.6 cm³/mol. The number of halogens is 1. The lowest BCUT2D eigenvalue weighted by molar-refractivity contribution is 0.0954. The van der Waals surface area contributed by atoms with Crippen molar-refractivity contribution in [3.05, 3.63) is 35.1 Å². The van der Waals surface area contributed by atoms with Crippen molar-refractivity contribution >= 4 is 11.9 Å². The van der Waals surface area contributed by atoms with E-state index in [-0.39, 0.29) is 11.7 Å². The van der Waals surface area contributed by atoms with E-state index in [1.807, 2.05) is 0 Å². The molecule has 2 N–H and O–H groups in total. The van der Waals surface area contributed by atoms with Crippen molar-refractivity contribution in [3.63, 3.8) is 0 Å². The van der Waals surface area contributed by atoms with Crippen LogP contribution in [0.15, 0.2) is 23.2 Å². The number of rotatable bonds is 4. The molecule has 22 heavy (non-hydrogen) atoms. The second kappa shape index (κ2) is 7.77. The minimum absolute atomic E-state index is 0.267. The Kier molecular flexibility index (Phi) is 5.75. The lowest BCUT2D eigenvalue weighted by atomic mass is 10.1. The van der Waals surface area contributed by atoms with Gasteiger partial charge in [-0.05, 0) is 37.5 Å². The first-order chi connectivity index (χ1) is 10.6. The molecule has 1 aromatic rings. The predicted octanol–water partition coefficient (Wildman–Crippen LogP) is 1.54. The minimum Gasteiger partial charge on any atom is -0.354 e. The Balaban J connectivity index is 1.75. The molecule has 1 aliphatic heterocycles. The third-order valence-electron chi connectivity index (χ3n) is 3.75. The second-order valence-corrected chi connectivity index (χ2v) is 5.39. The van der Waals surface area contributed by atoms with E-state index in [0.717, 1.165) is 19.0 Å². The summed E-state index contributed by atoms with van der Waals surface area (Å²) in [7, 11) is 1.76. The van der Waals surface area contributed by atoms with Crippen molar-refractivity contribution in [2.75, 3.05) is 33.2 Å². The van der Waals surface area contributed by atoms with E-state index in [2.05, 4.69) is 20.5 Å². The summed E-state index contributed by atoms with van der Waals surface area (Å²) >= 11 is 0. The highest BCUT2D eigenvalue weighted by Gasteiger charge is 2.15. The summed E-state index contributed by atoms with van der Waals surface area (Å²) in [6.07, 6.45) is 2.38. The highest BCUT2D eigenvalue weighted by atomic mass is 19.1. The van der Waals surface area contributed by atoms with Crippen molar-refractivity contribution in [1.82, 2.24) is 15.5 Å². The van der Waals surface area contributed by atoms with Crippen LogP contribution in [-0.2, 0) is 0 Å². The summed E-state index contributed by atoms with van der Waals surface area (Å²) < 4.78 is 13.4. The molecule has 0 spiro atoms. The van der Waals surface area contributed by atoms with Gasteiger partial charge < -0.3 is 15.5 Å². The molecule has 0 radical (unpaired) electrons. The Labute approximate surface area is 130 Å². The van der Waals surface area contributed by atoms with Crippen LogP contribution >= 0.6 is 0 Å². The molecule has 120 valence electrons. The number of carbonyl (C=O) groups excluding carboxylic acids is 1. The number of carbonyl (C=O) groups is 1. The Morgan fingerprint density at radius 3 is 2.59 bits per heavy atom. The van der Waals surface area contributed by atoms with Crippen LogP contribution in [0.1, 0.15) is 28.8 Å². The number of aryl methyl sites for hydroxylation is 1. The number of hydrogen-bond acceptors (Lipinski definition) is 2. The highest BCUT2D eigenvalue weighted by Crippen LogP contribution is 2.09. The van der Waals surface area contributed by atoms with Gasteiger partial charge in [0.25, 0.3) is 5.91 Å². The maximum atomic E-state index is 13.4. The van der Waals surface area contributed by atoms with Gasteiger partial charge in [-0.3, -0.25) is 9.79 Å². The standard InChI is InChI=1S/C16H23FN4O/c1-12-5-6-13(11-14(12)17)15(22)19-7-8-20-16(18-2)21-9-3-4-10-21/h5-6,11H,3-4,7-10H2,1-2H3,(H,18,20)(H,19,22). The van der Waals surface area contributed by atoms with Crippen LogP contribution in [0.25, 0.3) is 0 Å². The van der Waals surface area contributed by atoms with Gasteiger partial charge in [-0.1, -0.05) is 6.07 Å². The zero-order valence-electron chi connectivity index (χ0n) is 13.2. The number of nitrogens with zero attached hydrogens (tertiary/aromatic N) is 2. The van der Waals surface area contributed by atoms with Crippen molar-refractivity contribution in [2.45, 2.75) is 19.8 Å². The van der Waals surface area contributed by atoms with Crippen LogP contribution in [0, 0.1) is 12.7 Å². The molecule has 1 heterocycles. The maximum absolute atomic E-state index is 13.4. The molecule has 6 heteroatoms. The van der Waals surface area contributed by atoms with Gasteiger partial charge in [0.05, 0.1) is 0 Å². The van der Waals surface area contributed by atoms with Gasteiger partial charge in [-0.15, -0.1) is 0 Å². The number of likely N-dealkylation sites (tertiary alicyclic amines) is 1. The smallest absolute Gasteiger partial charge is 0.251 e. The van der Waals surface area contributed by atoms with Gasteiger partial charge >= 0.3 is 0 Å². The van der Waals surface area contributed by atoms with Crippen molar-refractivity contribution in [3.8, 4) is 0 Å². The van der Waals surface area contributed by atoms with E-state index >= 15 is 0 Å². The average Bonchev–Trinajstić information content (AvgIpc) is 3.04. The molecule has 0 atom stereocenters. The van der Waals surface area contributed by atoms with Crippen molar-refractivity contribution < 1.29 is 9.18 Å². The SMILES string of the molecule is CN=C(NCCNC(=O)c1ccc(C)c(F)c1)N1CCCC1. The molecule has 5 nitrogen and oxygen atoms in total. The Morgan fingerprint density at radius 2 is 1.95 bits per heavy atom. The van der Waals surface area contributed by atoms with Gasteiger partial charge in [0.1, 0.15) is 5.82 Å². The van der Waals surface area contributed by atoms with E-state index in [1.54, 1.807) is 26.1 Å². The third kappa shape index (κ3) is 4.19. The Morgan fingerprint density at radius 1 is 1.27 bits per heavy atom. The fourth-order valence-corrected chi connectivity index (χ4v) is 2.45. The summed E-state index contributed by atoms with van der Waals surface area (Å²) in [6, 6.07) is 4.50. The molecule has 1 amide bonds. The molecular weight excluding hydrogens is 283 g/mol. The normalized spacial score (nSPS) is 15.0. The van der Waals surface area contributed by atoms with Gasteiger partial charge in [-0.25, -0.2) is 4.39 Å². The summed E-state index contributed by atoms with van der Waals surface area (Å²) in [5.74, 6) is 0.241. The molecule has 1 saturated heterocycles. The van der Waals surface area contributed by atoms with Gasteiger partial charge in [0.2, 0.25) is 0 Å². The van der Waals surface area contributed by atoms with E-state index in [0.29, 0.717) is 24.2 Å². The fraction of sp³-hybridized carbons (Fsp3) is 0.500. The van der Waals surface area contributed by atoms with Crippen LogP contribution in [0.5, 0.6) is 0 Å². The van der Waals surface area contributed by atoms with Crippen molar-refractivity contribution in [2.24, 2.45) is 4.99 Å². The molecule has 1 aliphatic rings. The number of aliphatic imine (C=N–C) groups is 1. The van der Waals surface area contributed by atoms with Gasteiger partial charge in [-0.2, -0.15) is 0 Å². The first-order valence-corrected chi connectivity index (χ1v) is 7.62. The van der Waals surface area contributed by atoms with Crippen LogP contribution < -0.4 is 10.6 Å². The molecule has 0 saturated carbocycles. The van der Waals surface area contributed by atoms with Crippen LogP contribution in [0.3, 0.4) is 0 Å². The van der Waals surface area contributed by atoms with E-state index in [4.69, 9.17) is 0 Å². The zero-order valence-corrected chi connectivity index (χ0v) is 13.2. The van der Waals surface area contributed by atoms with Crippen LogP contribution in [0.4, 0.5) is 4.39 Å². The zero-order chi connectivity index (χ0) is 15.9. The minimum atomic E-state index is -0.361. The summed E-state index contributed by atoms with van der Waals surface area (Å²) in [6.45, 7) is 4.76. The number of amides is 1. The van der Waals surface area contributed by atoms with E-state index in [9.17, 15) is 9.18 Å². The summed E-state index contributed by atoms with van der Waals surface area (Å²) in [5, 5.41) is 6.00. The number of benzene rings is 1. The first-order valence-electron chi connectivity index (χ1n) is 7.62. The van der Waals surface area contributed by atoms with Crippen LogP contribution in [-0.4, -0.2) is 50.0 Å². The van der Waals surface area contributed by atoms with E-state index in [1.165, 1.54) is 18.9 Å².